The standard InChI is InChI=1S/4C20H26O2.Sn/c4*1-11(2)16-14-9-7-8-10-15(14)19(20(21)22)18(13(5)6)17(16)12(3)4;/h4*7-13H,1-6H3,(H,21,22);/q;;;;+4/p-4. The Balaban J connectivity index is 1.59. The zero-order valence-corrected chi connectivity index (χ0v) is 60.8. The van der Waals surface area contributed by atoms with Crippen molar-refractivity contribution < 1.29 is 31.5 Å². The third-order valence-corrected chi connectivity index (χ3v) is 22.9. The Morgan fingerprint density at radius 2 is 0.348 bits per heavy atom. The van der Waals surface area contributed by atoms with Crippen molar-refractivity contribution in [3.05, 3.63) is 186 Å². The second kappa shape index (κ2) is 27.1. The van der Waals surface area contributed by atoms with Crippen LogP contribution in [0.2, 0.25) is 0 Å². The Morgan fingerprint density at radius 1 is 0.213 bits per heavy atom. The summed E-state index contributed by atoms with van der Waals surface area (Å²) in [5, 5.41) is 5.96. The monoisotopic (exact) mass is 1310 g/mol. The minimum absolute atomic E-state index is 0.0483. The first-order valence-electron chi connectivity index (χ1n) is 33.1. The Morgan fingerprint density at radius 3 is 0.483 bits per heavy atom. The second-order valence-corrected chi connectivity index (χ2v) is 33.7. The summed E-state index contributed by atoms with van der Waals surface area (Å²) in [6.07, 6.45) is 0. The number of rotatable bonds is 20. The van der Waals surface area contributed by atoms with Crippen LogP contribution < -0.4 is 0 Å². The SMILES string of the molecule is CC(C)c1c(C(C)C)c(C(C)C)c2ccccc2c1C(=O)[O][Sn]([O]C(=O)c1c(C(C)C)c(C(C)C)c(C(C)C)c2ccccc12)([O]C(=O)c1c(C(C)C)c(C(C)C)c(C(C)C)c2ccccc12)[O]C(=O)c1c(C(C)C)c(C(C)C)c(C(C)C)c2ccccc12. The Bertz CT molecular complexity index is 3510. The van der Waals surface area contributed by atoms with Gasteiger partial charge in [-0.3, -0.25) is 0 Å². The molecule has 8 rings (SSSR count). The molecule has 0 amide bonds. The topological polar surface area (TPSA) is 105 Å². The number of hydrogen-bond donors (Lipinski definition) is 0. The van der Waals surface area contributed by atoms with Crippen LogP contribution in [0.4, 0.5) is 0 Å². The van der Waals surface area contributed by atoms with E-state index in [-0.39, 0.29) is 93.3 Å². The summed E-state index contributed by atoms with van der Waals surface area (Å²) in [5.41, 5.74) is 12.5. The summed E-state index contributed by atoms with van der Waals surface area (Å²) in [5.74, 6) is -4.54. The molecule has 0 aliphatic carbocycles. The molecule has 8 aromatic rings. The van der Waals surface area contributed by atoms with Gasteiger partial charge >= 0.3 is 542 Å². The Labute approximate surface area is 538 Å². The van der Waals surface area contributed by atoms with Crippen LogP contribution in [0.5, 0.6) is 0 Å². The van der Waals surface area contributed by atoms with Gasteiger partial charge in [-0.25, -0.2) is 0 Å². The third-order valence-electron chi connectivity index (χ3n) is 18.0. The van der Waals surface area contributed by atoms with Crippen LogP contribution in [-0.4, -0.2) is 43.9 Å². The molecule has 0 N–H and O–H groups in total. The van der Waals surface area contributed by atoms with Gasteiger partial charge in [0.05, 0.1) is 0 Å². The summed E-state index contributed by atoms with van der Waals surface area (Å²) < 4.78 is 28.9. The van der Waals surface area contributed by atoms with Gasteiger partial charge in [0.15, 0.2) is 0 Å². The Kier molecular flexibility index (Phi) is 20.8. The van der Waals surface area contributed by atoms with Crippen molar-refractivity contribution in [2.24, 2.45) is 0 Å². The van der Waals surface area contributed by atoms with Crippen molar-refractivity contribution in [2.75, 3.05) is 0 Å². The van der Waals surface area contributed by atoms with E-state index >= 15 is 19.2 Å². The molecule has 0 radical (unpaired) electrons. The van der Waals surface area contributed by atoms with Crippen LogP contribution >= 0.6 is 0 Å². The maximum atomic E-state index is 16.8. The molecule has 0 unspecified atom stereocenters. The van der Waals surface area contributed by atoms with Crippen LogP contribution in [0.15, 0.2) is 97.1 Å². The van der Waals surface area contributed by atoms with Gasteiger partial charge in [0.1, 0.15) is 0 Å². The first-order valence-corrected chi connectivity index (χ1v) is 37.7. The molecule has 0 aliphatic heterocycles. The maximum absolute atomic E-state index is 16.8. The number of carbonyl (C=O) groups excluding carboxylic acids is 4. The summed E-state index contributed by atoms with van der Waals surface area (Å²) in [4.78, 5) is 67.3. The second-order valence-electron chi connectivity index (χ2n) is 28.6. The fourth-order valence-electron chi connectivity index (χ4n) is 15.1. The number of carbonyl (C=O) groups is 4. The van der Waals surface area contributed by atoms with E-state index in [4.69, 9.17) is 12.3 Å². The number of fused-ring (bicyclic) bond motifs is 4. The van der Waals surface area contributed by atoms with Crippen molar-refractivity contribution in [3.8, 4) is 0 Å². The van der Waals surface area contributed by atoms with Crippen molar-refractivity contribution in [2.45, 2.75) is 237 Å². The molecular weight excluding hydrogens is 1210 g/mol. The summed E-state index contributed by atoms with van der Waals surface area (Å²) in [6.45, 7) is 51.0. The first kappa shape index (κ1) is 68.4. The van der Waals surface area contributed by atoms with Crippen LogP contribution in [0.1, 0.15) is 345 Å². The van der Waals surface area contributed by atoms with Crippen molar-refractivity contribution in [3.63, 3.8) is 0 Å². The molecule has 8 aromatic carbocycles. The van der Waals surface area contributed by atoms with Gasteiger partial charge < -0.3 is 0 Å². The summed E-state index contributed by atoms with van der Waals surface area (Å²) in [6, 6.07) is 31.4. The molecule has 472 valence electrons. The van der Waals surface area contributed by atoms with Crippen molar-refractivity contribution >= 4 is 87.0 Å². The molecule has 9 heteroatoms. The molecular formula is C80H100O8Sn. The van der Waals surface area contributed by atoms with Crippen LogP contribution in [0.25, 0.3) is 43.1 Å². The first-order chi connectivity index (χ1) is 41.8. The molecule has 0 atom stereocenters. The summed E-state index contributed by atoms with van der Waals surface area (Å²) >= 11 is -7.37. The Hall–Kier alpha value is -6.52. The van der Waals surface area contributed by atoms with E-state index in [1.807, 2.05) is 97.1 Å². The molecule has 0 spiro atoms. The quantitative estimate of drug-likeness (QED) is 0.0695. The molecule has 0 bridgehead atoms. The molecule has 89 heavy (non-hydrogen) atoms. The zero-order valence-electron chi connectivity index (χ0n) is 57.9. The number of benzene rings is 8. The van der Waals surface area contributed by atoms with E-state index in [0.717, 1.165) is 88.3 Å². The van der Waals surface area contributed by atoms with Gasteiger partial charge in [0, 0.05) is 0 Å². The zero-order chi connectivity index (χ0) is 65.7. The predicted molar refractivity (Wildman–Crippen MR) is 372 cm³/mol. The van der Waals surface area contributed by atoms with Crippen molar-refractivity contribution in [1.29, 1.82) is 0 Å². The normalized spacial score (nSPS) is 12.5. The number of hydrogen-bond acceptors (Lipinski definition) is 8. The van der Waals surface area contributed by atoms with Gasteiger partial charge in [-0.1, -0.05) is 0 Å². The van der Waals surface area contributed by atoms with E-state index in [0.29, 0.717) is 21.5 Å². The molecule has 0 saturated carbocycles. The van der Waals surface area contributed by atoms with E-state index in [9.17, 15) is 0 Å². The predicted octanol–water partition coefficient (Wildman–Crippen LogP) is 22.9. The third kappa shape index (κ3) is 12.7. The van der Waals surface area contributed by atoms with Gasteiger partial charge in [0.25, 0.3) is 0 Å². The van der Waals surface area contributed by atoms with E-state index < -0.39 is 43.9 Å². The fourth-order valence-corrected chi connectivity index (χ4v) is 19.5. The van der Waals surface area contributed by atoms with Crippen LogP contribution in [-0.2, 0) is 12.3 Å². The van der Waals surface area contributed by atoms with E-state index in [1.165, 1.54) is 0 Å². The van der Waals surface area contributed by atoms with E-state index in [2.05, 4.69) is 166 Å². The molecule has 0 aromatic heterocycles. The molecule has 0 saturated heterocycles. The van der Waals surface area contributed by atoms with Crippen LogP contribution in [0, 0.1) is 0 Å². The van der Waals surface area contributed by atoms with E-state index in [1.54, 1.807) is 0 Å². The van der Waals surface area contributed by atoms with Gasteiger partial charge in [-0.15, -0.1) is 0 Å². The van der Waals surface area contributed by atoms with Gasteiger partial charge in [-0.05, 0) is 0 Å². The minimum atomic E-state index is -7.37. The fraction of sp³-hybridized carbons (Fsp3) is 0.450. The molecule has 8 nitrogen and oxygen atoms in total. The average molecular weight is 1310 g/mol. The van der Waals surface area contributed by atoms with Gasteiger partial charge in [-0.2, -0.15) is 0 Å². The molecule has 0 aliphatic rings. The summed E-state index contributed by atoms with van der Waals surface area (Å²) in [7, 11) is 0. The molecule has 0 fully saturated rings. The van der Waals surface area contributed by atoms with Crippen molar-refractivity contribution in [1.82, 2.24) is 0 Å². The average Bonchev–Trinajstić information content (AvgIpc) is 0.781. The molecule has 0 heterocycles. The van der Waals surface area contributed by atoms with Crippen LogP contribution in [0.3, 0.4) is 0 Å². The van der Waals surface area contributed by atoms with Gasteiger partial charge in [0.2, 0.25) is 0 Å².